The molecule has 0 aliphatic carbocycles. The Balaban J connectivity index is 1.56. The largest absolute Gasteiger partial charge is 0.319 e. The van der Waals surface area contributed by atoms with Crippen molar-refractivity contribution in [2.24, 2.45) is 0 Å². The molecule has 6 heteroatoms. The van der Waals surface area contributed by atoms with Gasteiger partial charge in [0.1, 0.15) is 5.15 Å². The van der Waals surface area contributed by atoms with Gasteiger partial charge in [-0.2, -0.15) is 5.10 Å². The zero-order valence-corrected chi connectivity index (χ0v) is 14.5. The second kappa shape index (κ2) is 6.98. The maximum absolute atomic E-state index is 12.7. The molecule has 4 rings (SSSR count). The Hall–Kier alpha value is -3.18. The van der Waals surface area contributed by atoms with Crippen LogP contribution in [0.15, 0.2) is 73.1 Å². The number of amides is 1. The van der Waals surface area contributed by atoms with Crippen molar-refractivity contribution in [3.05, 3.63) is 89.3 Å². The van der Waals surface area contributed by atoms with Crippen LogP contribution in [0.25, 0.3) is 10.9 Å². The number of hydrogen-bond acceptors (Lipinski definition) is 3. The minimum absolute atomic E-state index is 0.246. The third kappa shape index (κ3) is 3.43. The van der Waals surface area contributed by atoms with Gasteiger partial charge >= 0.3 is 0 Å². The number of benzene rings is 2. The molecule has 0 aliphatic rings. The quantitative estimate of drug-likeness (QED) is 0.548. The molecule has 0 unspecified atom stereocenters. The summed E-state index contributed by atoms with van der Waals surface area (Å²) in [6, 6.07) is 19.0. The number of hydrogen-bond donors (Lipinski definition) is 1. The molecule has 0 atom stereocenters. The number of para-hydroxylation sites is 1. The highest BCUT2D eigenvalue weighted by atomic mass is 35.5. The number of anilines is 1. The summed E-state index contributed by atoms with van der Waals surface area (Å²) < 4.78 is 1.78. The summed E-state index contributed by atoms with van der Waals surface area (Å²) in [5.74, 6) is -0.246. The zero-order valence-electron chi connectivity index (χ0n) is 13.8. The second-order valence-corrected chi connectivity index (χ2v) is 6.26. The van der Waals surface area contributed by atoms with Gasteiger partial charge in [0.05, 0.1) is 29.5 Å². The number of rotatable bonds is 4. The molecular formula is C20H15ClN4O. The molecule has 0 aliphatic heterocycles. The molecule has 2 aromatic carbocycles. The maximum Gasteiger partial charge on any atom is 0.256 e. The van der Waals surface area contributed by atoms with E-state index in [1.54, 1.807) is 23.1 Å². The topological polar surface area (TPSA) is 59.8 Å². The van der Waals surface area contributed by atoms with Crippen LogP contribution >= 0.6 is 11.6 Å². The van der Waals surface area contributed by atoms with E-state index in [1.165, 1.54) is 0 Å². The van der Waals surface area contributed by atoms with Crippen LogP contribution in [0.2, 0.25) is 5.15 Å². The molecule has 128 valence electrons. The Morgan fingerprint density at radius 3 is 2.69 bits per heavy atom. The first-order chi connectivity index (χ1) is 12.7. The van der Waals surface area contributed by atoms with Gasteiger partial charge in [-0.3, -0.25) is 9.48 Å². The Bertz CT molecular complexity index is 1080. The number of carbonyl (C=O) groups is 1. The average molecular weight is 363 g/mol. The molecule has 2 aromatic heterocycles. The van der Waals surface area contributed by atoms with Crippen molar-refractivity contribution in [2.75, 3.05) is 5.32 Å². The summed E-state index contributed by atoms with van der Waals surface area (Å²) in [7, 11) is 0. The summed E-state index contributed by atoms with van der Waals surface area (Å²) in [5, 5.41) is 8.22. The fourth-order valence-electron chi connectivity index (χ4n) is 2.81. The summed E-state index contributed by atoms with van der Waals surface area (Å²) in [6.07, 6.45) is 3.43. The van der Waals surface area contributed by atoms with E-state index in [9.17, 15) is 4.79 Å². The molecule has 0 fully saturated rings. The van der Waals surface area contributed by atoms with Gasteiger partial charge in [-0.05, 0) is 17.7 Å². The van der Waals surface area contributed by atoms with Crippen LogP contribution in [0.5, 0.6) is 0 Å². The molecule has 5 nitrogen and oxygen atoms in total. The van der Waals surface area contributed by atoms with Crippen LogP contribution in [-0.2, 0) is 6.54 Å². The second-order valence-electron chi connectivity index (χ2n) is 5.88. The van der Waals surface area contributed by atoms with E-state index in [-0.39, 0.29) is 11.1 Å². The first kappa shape index (κ1) is 16.3. The van der Waals surface area contributed by atoms with Gasteiger partial charge in [0.25, 0.3) is 5.91 Å². The zero-order chi connectivity index (χ0) is 17.9. The van der Waals surface area contributed by atoms with E-state index in [0.717, 1.165) is 10.9 Å². The van der Waals surface area contributed by atoms with Gasteiger partial charge in [-0.15, -0.1) is 0 Å². The van der Waals surface area contributed by atoms with Crippen LogP contribution in [-0.4, -0.2) is 20.7 Å². The predicted octanol–water partition coefficient (Wildman–Crippen LogP) is 4.39. The highest BCUT2D eigenvalue weighted by Crippen LogP contribution is 2.22. The Kier molecular flexibility index (Phi) is 4.37. The number of nitrogens with one attached hydrogen (secondary N) is 1. The van der Waals surface area contributed by atoms with Crippen molar-refractivity contribution in [1.82, 2.24) is 14.8 Å². The third-order valence-electron chi connectivity index (χ3n) is 4.01. The fourth-order valence-corrected chi connectivity index (χ4v) is 3.01. The highest BCUT2D eigenvalue weighted by Gasteiger charge is 2.13. The van der Waals surface area contributed by atoms with Crippen molar-refractivity contribution in [2.45, 2.75) is 6.54 Å². The normalized spacial score (nSPS) is 10.8. The summed E-state index contributed by atoms with van der Waals surface area (Å²) in [5.41, 5.74) is 2.93. The van der Waals surface area contributed by atoms with Crippen LogP contribution in [0, 0.1) is 0 Å². The summed E-state index contributed by atoms with van der Waals surface area (Å²) in [4.78, 5) is 17.0. The predicted molar refractivity (Wildman–Crippen MR) is 102 cm³/mol. The van der Waals surface area contributed by atoms with Gasteiger partial charge in [0.15, 0.2) is 0 Å². The van der Waals surface area contributed by atoms with Gasteiger partial charge in [-0.25, -0.2) is 4.98 Å². The number of halogens is 1. The van der Waals surface area contributed by atoms with Crippen molar-refractivity contribution >= 4 is 34.1 Å². The minimum Gasteiger partial charge on any atom is -0.319 e. The molecule has 1 amide bonds. The molecule has 0 bridgehead atoms. The third-order valence-corrected chi connectivity index (χ3v) is 4.20. The lowest BCUT2D eigenvalue weighted by Crippen LogP contribution is -2.12. The van der Waals surface area contributed by atoms with E-state index in [0.29, 0.717) is 23.3 Å². The monoisotopic (exact) mass is 362 g/mol. The Morgan fingerprint density at radius 1 is 1.08 bits per heavy atom. The first-order valence-electron chi connectivity index (χ1n) is 8.12. The van der Waals surface area contributed by atoms with E-state index in [4.69, 9.17) is 11.6 Å². The number of carbonyl (C=O) groups excluding carboxylic acids is 1. The molecule has 0 spiro atoms. The molecule has 0 saturated heterocycles. The molecule has 1 N–H and O–H groups in total. The SMILES string of the molecule is O=C(Nc1cnn(Cc2ccccc2)c1)c1cc(Cl)nc2ccccc12. The van der Waals surface area contributed by atoms with Gasteiger partial charge in [0, 0.05) is 11.6 Å². The number of nitrogens with zero attached hydrogens (tertiary/aromatic N) is 3. The molecule has 0 saturated carbocycles. The van der Waals surface area contributed by atoms with Crippen molar-refractivity contribution in [3.8, 4) is 0 Å². The lowest BCUT2D eigenvalue weighted by molar-refractivity contribution is 0.102. The van der Waals surface area contributed by atoms with Crippen LogP contribution in [0.3, 0.4) is 0 Å². The molecule has 4 aromatic rings. The summed E-state index contributed by atoms with van der Waals surface area (Å²) >= 11 is 6.06. The van der Waals surface area contributed by atoms with E-state index < -0.39 is 0 Å². The van der Waals surface area contributed by atoms with Crippen LogP contribution in [0.1, 0.15) is 15.9 Å². The average Bonchev–Trinajstić information content (AvgIpc) is 3.08. The van der Waals surface area contributed by atoms with E-state index >= 15 is 0 Å². The van der Waals surface area contributed by atoms with Crippen molar-refractivity contribution in [1.29, 1.82) is 0 Å². The number of pyridine rings is 1. The Labute approximate surface area is 155 Å². The van der Waals surface area contributed by atoms with Crippen molar-refractivity contribution < 1.29 is 4.79 Å². The number of aromatic nitrogens is 3. The number of fused-ring (bicyclic) bond motifs is 1. The van der Waals surface area contributed by atoms with Crippen LogP contribution < -0.4 is 5.32 Å². The van der Waals surface area contributed by atoms with Crippen LogP contribution in [0.4, 0.5) is 5.69 Å². The first-order valence-corrected chi connectivity index (χ1v) is 8.50. The highest BCUT2D eigenvalue weighted by molar-refractivity contribution is 6.30. The lowest BCUT2D eigenvalue weighted by atomic mass is 10.1. The molecule has 26 heavy (non-hydrogen) atoms. The van der Waals surface area contributed by atoms with Gasteiger partial charge in [-0.1, -0.05) is 60.1 Å². The standard InChI is InChI=1S/C20H15ClN4O/c21-19-10-17(16-8-4-5-9-18(16)24-19)20(26)23-15-11-22-25(13-15)12-14-6-2-1-3-7-14/h1-11,13H,12H2,(H,23,26). The van der Waals surface area contributed by atoms with E-state index in [2.05, 4.69) is 15.4 Å². The minimum atomic E-state index is -0.246. The lowest BCUT2D eigenvalue weighted by Gasteiger charge is -2.07. The summed E-state index contributed by atoms with van der Waals surface area (Å²) in [6.45, 7) is 0.640. The molecule has 0 radical (unpaired) electrons. The van der Waals surface area contributed by atoms with Crippen molar-refractivity contribution in [3.63, 3.8) is 0 Å². The van der Waals surface area contributed by atoms with Gasteiger partial charge < -0.3 is 5.32 Å². The van der Waals surface area contributed by atoms with E-state index in [1.807, 2.05) is 54.6 Å². The molecule has 2 heterocycles. The fraction of sp³-hybridized carbons (Fsp3) is 0.0500. The maximum atomic E-state index is 12.7. The van der Waals surface area contributed by atoms with Gasteiger partial charge in [0.2, 0.25) is 0 Å². The Morgan fingerprint density at radius 2 is 1.85 bits per heavy atom. The smallest absolute Gasteiger partial charge is 0.256 e. The molecular weight excluding hydrogens is 348 g/mol.